The molecular formula is C38H43N3O8. The Morgan fingerprint density at radius 2 is 1.86 bits per heavy atom. The first-order valence-corrected chi connectivity index (χ1v) is 16.6. The third kappa shape index (κ3) is 8.47. The van der Waals surface area contributed by atoms with Crippen LogP contribution in [0.2, 0.25) is 0 Å². The largest absolute Gasteiger partial charge is 0.507 e. The minimum atomic E-state index is -0.855. The highest BCUT2D eigenvalue weighted by Crippen LogP contribution is 2.44. The zero-order valence-corrected chi connectivity index (χ0v) is 27.9. The summed E-state index contributed by atoms with van der Waals surface area (Å²) in [7, 11) is 1.54. The molecule has 0 spiro atoms. The van der Waals surface area contributed by atoms with Crippen LogP contribution in [0, 0.1) is 0 Å². The Morgan fingerprint density at radius 1 is 1.10 bits per heavy atom. The molecule has 1 amide bonds. The number of fused-ring (bicyclic) bond motifs is 2. The topological polar surface area (TPSA) is 160 Å². The van der Waals surface area contributed by atoms with Gasteiger partial charge >= 0.3 is 5.97 Å². The molecule has 2 unspecified atom stereocenters. The van der Waals surface area contributed by atoms with Crippen LogP contribution in [0.4, 0.5) is 0 Å². The van der Waals surface area contributed by atoms with E-state index in [9.17, 15) is 29.7 Å². The summed E-state index contributed by atoms with van der Waals surface area (Å²) in [6.07, 6.45) is 5.90. The zero-order valence-electron chi connectivity index (χ0n) is 27.9. The number of cyclic esters (lactones) is 1. The zero-order chi connectivity index (χ0) is 34.9. The van der Waals surface area contributed by atoms with Crippen molar-refractivity contribution in [1.29, 1.82) is 0 Å². The molecular weight excluding hydrogens is 626 g/mol. The van der Waals surface area contributed by atoms with Gasteiger partial charge in [-0.2, -0.15) is 0 Å². The number of nitrogens with one attached hydrogen (secondary N) is 1. The first kappa shape index (κ1) is 35.2. The van der Waals surface area contributed by atoms with E-state index in [0.717, 1.165) is 11.0 Å². The third-order valence-electron chi connectivity index (χ3n) is 8.84. The predicted molar refractivity (Wildman–Crippen MR) is 185 cm³/mol. The predicted octanol–water partition coefficient (Wildman–Crippen LogP) is 5.77. The van der Waals surface area contributed by atoms with Crippen molar-refractivity contribution in [2.75, 3.05) is 13.7 Å². The number of aliphatic hydroxyl groups is 1. The molecule has 1 aromatic heterocycles. The van der Waals surface area contributed by atoms with E-state index in [1.54, 1.807) is 43.3 Å². The van der Waals surface area contributed by atoms with Gasteiger partial charge in [-0.1, -0.05) is 36.4 Å². The summed E-state index contributed by atoms with van der Waals surface area (Å²) >= 11 is 0. The van der Waals surface area contributed by atoms with Crippen molar-refractivity contribution in [3.8, 4) is 17.2 Å². The summed E-state index contributed by atoms with van der Waals surface area (Å²) in [6.45, 7) is 2.07. The van der Waals surface area contributed by atoms with Gasteiger partial charge in [0.1, 0.15) is 41.0 Å². The SMILES string of the molecule is COc1ccc(C(CC(=O)NCCn2c(CO)nc3ccccc32)c2c(O)cc3c(c2O)C(=O)OC(C)CCCC(=O)CCCC=C3)cc1. The molecule has 258 valence electrons. The fourth-order valence-electron chi connectivity index (χ4n) is 6.30. The van der Waals surface area contributed by atoms with Crippen molar-refractivity contribution < 1.29 is 39.2 Å². The van der Waals surface area contributed by atoms with Crippen molar-refractivity contribution in [2.45, 2.75) is 77.0 Å². The number of methoxy groups -OCH3 is 1. The number of aliphatic hydroxyl groups excluding tert-OH is 1. The van der Waals surface area contributed by atoms with Crippen LogP contribution in [-0.2, 0) is 27.5 Å². The van der Waals surface area contributed by atoms with Gasteiger partial charge in [0, 0.05) is 43.8 Å². The molecule has 3 aromatic carbocycles. The molecule has 5 rings (SSSR count). The molecule has 1 aliphatic rings. The number of benzene rings is 3. The smallest absolute Gasteiger partial charge is 0.342 e. The number of para-hydroxylation sites is 2. The Bertz CT molecular complexity index is 1830. The number of hydrogen-bond acceptors (Lipinski definition) is 9. The first-order chi connectivity index (χ1) is 23.7. The van der Waals surface area contributed by atoms with Crippen LogP contribution < -0.4 is 10.1 Å². The highest BCUT2D eigenvalue weighted by molar-refractivity contribution is 5.98. The van der Waals surface area contributed by atoms with Gasteiger partial charge < -0.3 is 34.7 Å². The Labute approximate surface area is 285 Å². The maximum atomic E-state index is 13.6. The van der Waals surface area contributed by atoms with E-state index in [2.05, 4.69) is 10.3 Å². The van der Waals surface area contributed by atoms with Crippen LogP contribution in [-0.4, -0.2) is 62.3 Å². The lowest BCUT2D eigenvalue weighted by molar-refractivity contribution is -0.121. The summed E-state index contributed by atoms with van der Waals surface area (Å²) in [5.41, 5.74) is 2.36. The minimum Gasteiger partial charge on any atom is -0.507 e. The number of ether oxygens (including phenoxy) is 2. The van der Waals surface area contributed by atoms with E-state index in [0.29, 0.717) is 62.2 Å². The number of carbonyl (C=O) groups is 3. The van der Waals surface area contributed by atoms with Crippen molar-refractivity contribution >= 4 is 34.8 Å². The molecule has 2 heterocycles. The Hall–Kier alpha value is -5.16. The number of phenolic OH excluding ortho intramolecular Hbond substituents is 2. The fraction of sp³-hybridized carbons (Fsp3) is 0.368. The Morgan fingerprint density at radius 3 is 2.61 bits per heavy atom. The van der Waals surface area contributed by atoms with Crippen LogP contribution >= 0.6 is 0 Å². The number of aromatic nitrogens is 2. The van der Waals surface area contributed by atoms with Gasteiger partial charge in [-0.05, 0) is 74.1 Å². The van der Waals surface area contributed by atoms with Crippen molar-refractivity contribution in [3.05, 3.63) is 88.8 Å². The Balaban J connectivity index is 1.46. The Kier molecular flexibility index (Phi) is 11.7. The molecule has 2 atom stereocenters. The second kappa shape index (κ2) is 16.3. The fourth-order valence-corrected chi connectivity index (χ4v) is 6.30. The van der Waals surface area contributed by atoms with Crippen LogP contribution in [0.25, 0.3) is 17.1 Å². The molecule has 0 fully saturated rings. The summed E-state index contributed by atoms with van der Waals surface area (Å²) in [5.74, 6) is -1.50. The molecule has 11 heteroatoms. The number of nitrogens with zero attached hydrogens (tertiary/aromatic N) is 2. The van der Waals surface area contributed by atoms with E-state index in [4.69, 9.17) is 9.47 Å². The van der Waals surface area contributed by atoms with E-state index in [1.165, 1.54) is 13.2 Å². The minimum absolute atomic E-state index is 0.0203. The number of allylic oxidation sites excluding steroid dienone is 1. The number of ketones is 1. The summed E-state index contributed by atoms with van der Waals surface area (Å²) in [6, 6.07) is 15.8. The second-order valence-electron chi connectivity index (χ2n) is 12.3. The summed E-state index contributed by atoms with van der Waals surface area (Å²) in [4.78, 5) is 43.8. The number of imidazole rings is 1. The van der Waals surface area contributed by atoms with Crippen molar-refractivity contribution in [2.24, 2.45) is 0 Å². The normalized spacial score (nSPS) is 16.4. The van der Waals surface area contributed by atoms with Crippen LogP contribution in [0.5, 0.6) is 17.2 Å². The maximum absolute atomic E-state index is 13.6. The van der Waals surface area contributed by atoms with Gasteiger partial charge in [0.25, 0.3) is 0 Å². The molecule has 0 radical (unpaired) electrons. The molecule has 0 bridgehead atoms. The van der Waals surface area contributed by atoms with E-state index >= 15 is 0 Å². The number of Topliss-reactive ketones (excluding diaryl/α,β-unsaturated/α-hetero) is 1. The van der Waals surface area contributed by atoms with Crippen LogP contribution in [0.1, 0.15) is 90.7 Å². The monoisotopic (exact) mass is 669 g/mol. The lowest BCUT2D eigenvalue weighted by Gasteiger charge is -2.23. The molecule has 49 heavy (non-hydrogen) atoms. The van der Waals surface area contributed by atoms with Gasteiger partial charge in [-0.25, -0.2) is 9.78 Å². The van der Waals surface area contributed by atoms with Gasteiger partial charge in [0.05, 0.1) is 24.2 Å². The number of phenols is 2. The number of esters is 1. The number of carbonyl (C=O) groups excluding carboxylic acids is 3. The molecule has 4 N–H and O–H groups in total. The molecule has 4 aromatic rings. The first-order valence-electron chi connectivity index (χ1n) is 16.6. The second-order valence-corrected chi connectivity index (χ2v) is 12.3. The highest BCUT2D eigenvalue weighted by atomic mass is 16.5. The van der Waals surface area contributed by atoms with Gasteiger partial charge in [0.2, 0.25) is 5.91 Å². The third-order valence-corrected chi connectivity index (χ3v) is 8.84. The van der Waals surface area contributed by atoms with E-state index in [-0.39, 0.29) is 53.7 Å². The van der Waals surface area contributed by atoms with Gasteiger partial charge in [-0.3, -0.25) is 9.59 Å². The van der Waals surface area contributed by atoms with Crippen molar-refractivity contribution in [1.82, 2.24) is 14.9 Å². The standard InChI is InChI=1S/C38H43N3O8/c1-24-9-8-12-27(43)11-5-3-4-10-26-21-32(44)36(37(46)35(26)38(47)49-24)29(25-15-17-28(48-2)18-16-25)22-34(45)39-19-20-41-31-14-7-6-13-30(31)40-33(41)23-42/h4,6-7,10,13-18,21,24,29,42,44,46H,3,5,8-9,11-12,19-20,22-23H2,1-2H3,(H,39,45). The highest BCUT2D eigenvalue weighted by Gasteiger charge is 2.31. The molecule has 0 aliphatic carbocycles. The van der Waals surface area contributed by atoms with Crippen LogP contribution in [0.3, 0.4) is 0 Å². The quantitative estimate of drug-likeness (QED) is 0.162. The maximum Gasteiger partial charge on any atom is 0.342 e. The summed E-state index contributed by atoms with van der Waals surface area (Å²) < 4.78 is 12.9. The van der Waals surface area contributed by atoms with Gasteiger partial charge in [0.15, 0.2) is 0 Å². The molecule has 11 nitrogen and oxygen atoms in total. The number of amides is 1. The number of hydrogen-bond donors (Lipinski definition) is 4. The average Bonchev–Trinajstić information content (AvgIpc) is 3.44. The lowest BCUT2D eigenvalue weighted by Crippen LogP contribution is -2.29. The van der Waals surface area contributed by atoms with E-state index < -0.39 is 23.7 Å². The van der Waals surface area contributed by atoms with Crippen LogP contribution in [0.15, 0.2) is 60.7 Å². The summed E-state index contributed by atoms with van der Waals surface area (Å²) in [5, 5.41) is 36.0. The molecule has 0 saturated carbocycles. The van der Waals surface area contributed by atoms with Crippen molar-refractivity contribution in [3.63, 3.8) is 0 Å². The lowest BCUT2D eigenvalue weighted by atomic mass is 9.84. The number of aromatic hydroxyl groups is 2. The van der Waals surface area contributed by atoms with E-state index in [1.807, 2.05) is 28.8 Å². The average molecular weight is 670 g/mol. The van der Waals surface area contributed by atoms with Gasteiger partial charge in [-0.15, -0.1) is 0 Å². The molecule has 0 saturated heterocycles. The molecule has 1 aliphatic heterocycles. The number of rotatable bonds is 9.